The molecule has 0 aromatic carbocycles. The molecule has 0 aliphatic rings. The molecule has 0 bridgehead atoms. The topological polar surface area (TPSA) is 60.4 Å². The van der Waals surface area contributed by atoms with E-state index >= 15 is 0 Å². The molecule has 3 nitrogen and oxygen atoms in total. The minimum absolute atomic E-state index is 0.156. The molecule has 0 aromatic rings. The van der Waals surface area contributed by atoms with E-state index in [4.69, 9.17) is 0 Å². The van der Waals surface area contributed by atoms with Gasteiger partial charge in [-0.3, -0.25) is 0 Å². The van der Waals surface area contributed by atoms with Gasteiger partial charge < -0.3 is 15.0 Å². The van der Waals surface area contributed by atoms with Crippen LogP contribution in [-0.4, -0.2) is 17.2 Å². The minimum atomic E-state index is -0.965. The molecule has 1 atom stereocenters. The number of aliphatic carboxylic acids is 1. The molecule has 118 valence electrons. The third-order valence-corrected chi connectivity index (χ3v) is 2.84. The summed E-state index contributed by atoms with van der Waals surface area (Å²) in [5.74, 6) is -0.965. The van der Waals surface area contributed by atoms with Crippen molar-refractivity contribution in [2.75, 3.05) is 0 Å². The number of aliphatic hydroxyl groups is 1. The Balaban J connectivity index is 3.47. The van der Waals surface area contributed by atoms with Gasteiger partial charge in [0.05, 0.1) is 6.10 Å². The Hall–Kier alpha value is -1.61. The van der Waals surface area contributed by atoms with Crippen molar-refractivity contribution in [3.63, 3.8) is 0 Å². The van der Waals surface area contributed by atoms with Crippen LogP contribution in [0, 0.1) is 0 Å². The summed E-state index contributed by atoms with van der Waals surface area (Å²) >= 11 is 0. The SMILES string of the molecule is C/C=C/C(O)C/C=C\C/C=C\C/C=C\CCCCC(=O)[O-]. The number of rotatable bonds is 12. The number of hydrogen-bond acceptors (Lipinski definition) is 3. The lowest BCUT2D eigenvalue weighted by Gasteiger charge is -1.98. The van der Waals surface area contributed by atoms with Gasteiger partial charge >= 0.3 is 0 Å². The summed E-state index contributed by atoms with van der Waals surface area (Å²) in [5, 5.41) is 19.6. The third kappa shape index (κ3) is 16.3. The second kappa shape index (κ2) is 14.8. The predicted octanol–water partition coefficient (Wildman–Crippen LogP) is 3.07. The number of hydrogen-bond donors (Lipinski definition) is 1. The van der Waals surface area contributed by atoms with Crippen LogP contribution < -0.4 is 5.11 Å². The van der Waals surface area contributed by atoms with Crippen LogP contribution >= 0.6 is 0 Å². The lowest BCUT2D eigenvalue weighted by atomic mass is 10.2. The molecule has 0 heterocycles. The van der Waals surface area contributed by atoms with Crippen molar-refractivity contribution in [2.24, 2.45) is 0 Å². The van der Waals surface area contributed by atoms with E-state index in [1.54, 1.807) is 6.08 Å². The molecule has 1 N–H and O–H groups in total. The molecule has 3 heteroatoms. The van der Waals surface area contributed by atoms with Crippen molar-refractivity contribution < 1.29 is 15.0 Å². The van der Waals surface area contributed by atoms with Crippen LogP contribution in [-0.2, 0) is 4.79 Å². The van der Waals surface area contributed by atoms with Gasteiger partial charge in [0, 0.05) is 5.97 Å². The van der Waals surface area contributed by atoms with Crippen LogP contribution in [0.4, 0.5) is 0 Å². The molecule has 0 rings (SSSR count). The molecular formula is C18H27O3-. The van der Waals surface area contributed by atoms with Crippen molar-refractivity contribution in [1.29, 1.82) is 0 Å². The Kier molecular flexibility index (Phi) is 13.7. The Morgan fingerprint density at radius 3 is 2.29 bits per heavy atom. The van der Waals surface area contributed by atoms with Gasteiger partial charge in [0.15, 0.2) is 0 Å². The Bertz CT molecular complexity index is 365. The lowest BCUT2D eigenvalue weighted by Crippen LogP contribution is -2.21. The number of carbonyl (C=O) groups is 1. The third-order valence-electron chi connectivity index (χ3n) is 2.84. The fourth-order valence-corrected chi connectivity index (χ4v) is 1.73. The van der Waals surface area contributed by atoms with Gasteiger partial charge in [-0.1, -0.05) is 48.6 Å². The normalized spacial score (nSPS) is 14.0. The highest BCUT2D eigenvalue weighted by Gasteiger charge is 1.91. The number of carbonyl (C=O) groups excluding carboxylic acids is 1. The summed E-state index contributed by atoms with van der Waals surface area (Å²) in [6.45, 7) is 1.90. The van der Waals surface area contributed by atoms with Crippen molar-refractivity contribution in [3.05, 3.63) is 48.6 Å². The molecule has 21 heavy (non-hydrogen) atoms. The van der Waals surface area contributed by atoms with Crippen molar-refractivity contribution in [1.82, 2.24) is 0 Å². The largest absolute Gasteiger partial charge is 0.550 e. The summed E-state index contributed by atoms with van der Waals surface area (Å²) in [6, 6.07) is 0. The number of unbranched alkanes of at least 4 members (excludes halogenated alkanes) is 2. The van der Waals surface area contributed by atoms with E-state index in [-0.39, 0.29) is 12.5 Å². The predicted molar refractivity (Wildman–Crippen MR) is 85.6 cm³/mol. The van der Waals surface area contributed by atoms with Gasteiger partial charge in [0.2, 0.25) is 0 Å². The molecular weight excluding hydrogens is 264 g/mol. The molecule has 0 aliphatic carbocycles. The van der Waals surface area contributed by atoms with Gasteiger partial charge in [-0.15, -0.1) is 0 Å². The maximum atomic E-state index is 10.2. The van der Waals surface area contributed by atoms with Crippen LogP contribution in [0.1, 0.15) is 51.9 Å². The van der Waals surface area contributed by atoms with E-state index in [1.807, 2.05) is 25.2 Å². The molecule has 0 radical (unpaired) electrons. The number of aliphatic hydroxyl groups excluding tert-OH is 1. The van der Waals surface area contributed by atoms with Gasteiger partial charge in [-0.2, -0.15) is 0 Å². The molecule has 0 fully saturated rings. The number of carboxylic acid groups (broad SMARTS) is 1. The van der Waals surface area contributed by atoms with Crippen LogP contribution in [0.3, 0.4) is 0 Å². The maximum absolute atomic E-state index is 10.2. The summed E-state index contributed by atoms with van der Waals surface area (Å²) < 4.78 is 0. The van der Waals surface area contributed by atoms with E-state index in [1.165, 1.54) is 0 Å². The Labute approximate surface area is 128 Å². The van der Waals surface area contributed by atoms with E-state index in [0.717, 1.165) is 25.7 Å². The average Bonchev–Trinajstić information content (AvgIpc) is 2.44. The molecule has 0 spiro atoms. The van der Waals surface area contributed by atoms with Gasteiger partial charge in [0.25, 0.3) is 0 Å². The zero-order valence-corrected chi connectivity index (χ0v) is 12.9. The zero-order valence-electron chi connectivity index (χ0n) is 12.9. The van der Waals surface area contributed by atoms with Gasteiger partial charge in [0.1, 0.15) is 0 Å². The smallest absolute Gasteiger partial charge is 0.0755 e. The highest BCUT2D eigenvalue weighted by atomic mass is 16.4. The summed E-state index contributed by atoms with van der Waals surface area (Å²) in [5.41, 5.74) is 0. The molecule has 0 saturated carbocycles. The monoisotopic (exact) mass is 291 g/mol. The van der Waals surface area contributed by atoms with E-state index in [9.17, 15) is 15.0 Å². The number of carboxylic acids is 1. The van der Waals surface area contributed by atoms with E-state index < -0.39 is 5.97 Å². The van der Waals surface area contributed by atoms with E-state index in [2.05, 4.69) is 24.3 Å². The van der Waals surface area contributed by atoms with Gasteiger partial charge in [-0.25, -0.2) is 0 Å². The minimum Gasteiger partial charge on any atom is -0.550 e. The van der Waals surface area contributed by atoms with Crippen molar-refractivity contribution in [3.8, 4) is 0 Å². The molecule has 0 saturated heterocycles. The molecule has 0 aliphatic heterocycles. The summed E-state index contributed by atoms with van der Waals surface area (Å²) in [4.78, 5) is 10.2. The van der Waals surface area contributed by atoms with Crippen LogP contribution in [0.25, 0.3) is 0 Å². The standard InChI is InChI=1S/C18H28O3/c1-2-14-17(19)15-12-10-8-6-4-3-5-7-9-11-13-16-18(20)21/h2,4-7,10,12,14,17,19H,3,8-9,11,13,15-16H2,1H3,(H,20,21)/p-1/b6-4-,7-5-,12-10-,14-2+. The first-order valence-corrected chi connectivity index (χ1v) is 7.62. The van der Waals surface area contributed by atoms with Crippen molar-refractivity contribution >= 4 is 5.97 Å². The maximum Gasteiger partial charge on any atom is 0.0755 e. The quantitative estimate of drug-likeness (QED) is 0.444. The second-order valence-electron chi connectivity index (χ2n) is 4.83. The first kappa shape index (κ1) is 19.4. The van der Waals surface area contributed by atoms with Crippen molar-refractivity contribution in [2.45, 2.75) is 58.0 Å². The molecule has 0 amide bonds. The highest BCUT2D eigenvalue weighted by molar-refractivity contribution is 5.64. The summed E-state index contributed by atoms with van der Waals surface area (Å²) in [7, 11) is 0. The zero-order chi connectivity index (χ0) is 15.8. The Morgan fingerprint density at radius 1 is 1.05 bits per heavy atom. The first-order valence-electron chi connectivity index (χ1n) is 7.62. The fourth-order valence-electron chi connectivity index (χ4n) is 1.73. The first-order chi connectivity index (χ1) is 10.2. The molecule has 1 unspecified atom stereocenters. The van der Waals surface area contributed by atoms with E-state index in [0.29, 0.717) is 12.8 Å². The fraction of sp³-hybridized carbons (Fsp3) is 0.500. The summed E-state index contributed by atoms with van der Waals surface area (Å²) in [6.07, 6.45) is 20.7. The Morgan fingerprint density at radius 2 is 1.67 bits per heavy atom. The number of allylic oxidation sites excluding steroid dienone is 6. The van der Waals surface area contributed by atoms with Gasteiger partial charge in [-0.05, 0) is 51.9 Å². The molecule has 0 aromatic heterocycles. The second-order valence-corrected chi connectivity index (χ2v) is 4.83. The van der Waals surface area contributed by atoms with Crippen LogP contribution in [0.5, 0.6) is 0 Å². The highest BCUT2D eigenvalue weighted by Crippen LogP contribution is 2.01. The lowest BCUT2D eigenvalue weighted by molar-refractivity contribution is -0.305. The average molecular weight is 291 g/mol. The van der Waals surface area contributed by atoms with Crippen LogP contribution in [0.15, 0.2) is 48.6 Å². The van der Waals surface area contributed by atoms with Crippen LogP contribution in [0.2, 0.25) is 0 Å².